The number of hydrogen-bond donors (Lipinski definition) is 1. The van der Waals surface area contributed by atoms with Gasteiger partial charge in [0.25, 0.3) is 0 Å². The molecule has 0 unspecified atom stereocenters. The fourth-order valence-electron chi connectivity index (χ4n) is 3.65. The van der Waals surface area contributed by atoms with E-state index in [-0.39, 0.29) is 29.7 Å². The molecule has 6 nitrogen and oxygen atoms in total. The van der Waals surface area contributed by atoms with Crippen LogP contribution in [0.2, 0.25) is 0 Å². The molecular formula is C21H27N3O3. The number of fused-ring (bicyclic) bond motifs is 1. The van der Waals surface area contributed by atoms with Crippen molar-refractivity contribution in [2.24, 2.45) is 5.92 Å². The number of carbonyl (C=O) groups excluding carboxylic acids is 2. The summed E-state index contributed by atoms with van der Waals surface area (Å²) in [5.74, 6) is 0.538. The van der Waals surface area contributed by atoms with Crippen molar-refractivity contribution < 1.29 is 14.0 Å². The minimum Gasteiger partial charge on any atom is -0.439 e. The number of hydrogen-bond acceptors (Lipinski definition) is 4. The predicted octanol–water partition coefficient (Wildman–Crippen LogP) is 3.14. The molecule has 1 aliphatic heterocycles. The third-order valence-electron chi connectivity index (χ3n) is 5.51. The van der Waals surface area contributed by atoms with E-state index >= 15 is 0 Å². The molecule has 27 heavy (non-hydrogen) atoms. The van der Waals surface area contributed by atoms with Gasteiger partial charge in [-0.3, -0.25) is 9.59 Å². The minimum atomic E-state index is -0.139. The first-order chi connectivity index (χ1) is 12.8. The molecular weight excluding hydrogens is 342 g/mol. The number of rotatable bonds is 4. The molecule has 1 saturated carbocycles. The van der Waals surface area contributed by atoms with Crippen molar-refractivity contribution in [2.45, 2.75) is 64.5 Å². The number of benzene rings is 1. The van der Waals surface area contributed by atoms with Gasteiger partial charge in [-0.1, -0.05) is 26.8 Å². The van der Waals surface area contributed by atoms with Crippen molar-refractivity contribution in [1.29, 1.82) is 0 Å². The van der Waals surface area contributed by atoms with Crippen LogP contribution in [0.4, 0.5) is 0 Å². The Morgan fingerprint density at radius 3 is 2.78 bits per heavy atom. The summed E-state index contributed by atoms with van der Waals surface area (Å²) in [5.41, 5.74) is 2.80. The van der Waals surface area contributed by atoms with Crippen molar-refractivity contribution in [2.75, 3.05) is 6.54 Å². The topological polar surface area (TPSA) is 75.4 Å². The Morgan fingerprint density at radius 2 is 2.07 bits per heavy atom. The Morgan fingerprint density at radius 1 is 1.30 bits per heavy atom. The van der Waals surface area contributed by atoms with E-state index in [1.54, 1.807) is 0 Å². The second-order valence-electron chi connectivity index (χ2n) is 8.77. The lowest BCUT2D eigenvalue weighted by Gasteiger charge is -2.31. The van der Waals surface area contributed by atoms with E-state index in [1.165, 1.54) is 5.56 Å². The van der Waals surface area contributed by atoms with Crippen molar-refractivity contribution in [3.63, 3.8) is 0 Å². The predicted molar refractivity (Wildman–Crippen MR) is 102 cm³/mol. The Balaban J connectivity index is 1.39. The highest BCUT2D eigenvalue weighted by atomic mass is 16.3. The van der Waals surface area contributed by atoms with Crippen molar-refractivity contribution in [3.05, 3.63) is 29.7 Å². The summed E-state index contributed by atoms with van der Waals surface area (Å²) >= 11 is 0. The lowest BCUT2D eigenvalue weighted by atomic mass is 9.87. The average Bonchev–Trinajstić information content (AvgIpc) is 3.37. The largest absolute Gasteiger partial charge is 0.439 e. The van der Waals surface area contributed by atoms with Crippen LogP contribution < -0.4 is 5.32 Å². The Labute approximate surface area is 159 Å². The number of amides is 2. The van der Waals surface area contributed by atoms with Crippen LogP contribution in [0.25, 0.3) is 11.1 Å². The highest BCUT2D eigenvalue weighted by molar-refractivity contribution is 5.84. The third-order valence-corrected chi connectivity index (χ3v) is 5.51. The molecule has 2 heterocycles. The summed E-state index contributed by atoms with van der Waals surface area (Å²) in [5, 5.41) is 2.94. The van der Waals surface area contributed by atoms with Gasteiger partial charge in [-0.15, -0.1) is 0 Å². The quantitative estimate of drug-likeness (QED) is 0.898. The second-order valence-corrected chi connectivity index (χ2v) is 8.77. The highest BCUT2D eigenvalue weighted by Gasteiger charge is 2.38. The van der Waals surface area contributed by atoms with Crippen LogP contribution in [0.1, 0.15) is 57.9 Å². The second kappa shape index (κ2) is 6.66. The van der Waals surface area contributed by atoms with Gasteiger partial charge in [0.1, 0.15) is 5.52 Å². The number of oxazole rings is 1. The van der Waals surface area contributed by atoms with Gasteiger partial charge < -0.3 is 14.6 Å². The monoisotopic (exact) mass is 369 g/mol. The molecule has 1 N–H and O–H groups in total. The van der Waals surface area contributed by atoms with Crippen LogP contribution >= 0.6 is 0 Å². The van der Waals surface area contributed by atoms with Crippen LogP contribution in [0.5, 0.6) is 0 Å². The molecule has 1 saturated heterocycles. The van der Waals surface area contributed by atoms with E-state index < -0.39 is 0 Å². The Kier molecular flexibility index (Phi) is 4.44. The molecule has 1 aromatic carbocycles. The zero-order valence-electron chi connectivity index (χ0n) is 16.2. The van der Waals surface area contributed by atoms with E-state index in [9.17, 15) is 9.59 Å². The maximum atomic E-state index is 12.5. The average molecular weight is 369 g/mol. The molecule has 0 spiro atoms. The molecule has 1 atom stereocenters. The van der Waals surface area contributed by atoms with Gasteiger partial charge in [0, 0.05) is 19.0 Å². The molecule has 144 valence electrons. The standard InChI is InChI=1S/C21H27N3O3/c1-21(2,3)14-5-8-17-16(10-14)23-18(27-17)11-22-20(26)13-4-9-19(25)24(12-13)15-6-7-15/h5,8,10,13,15H,4,6-7,9,11-12H2,1-3H3,(H,22,26)/t13-/m1/s1. The van der Waals surface area contributed by atoms with E-state index in [0.717, 1.165) is 23.9 Å². The highest BCUT2D eigenvalue weighted by Crippen LogP contribution is 2.32. The van der Waals surface area contributed by atoms with Crippen molar-refractivity contribution in [3.8, 4) is 0 Å². The number of nitrogens with zero attached hydrogens (tertiary/aromatic N) is 2. The third kappa shape index (κ3) is 3.84. The van der Waals surface area contributed by atoms with Crippen LogP contribution in [0, 0.1) is 5.92 Å². The Hall–Kier alpha value is -2.37. The summed E-state index contributed by atoms with van der Waals surface area (Å²) in [6.45, 7) is 7.30. The molecule has 2 fully saturated rings. The summed E-state index contributed by atoms with van der Waals surface area (Å²) in [4.78, 5) is 31.0. The van der Waals surface area contributed by atoms with Gasteiger partial charge in [0.2, 0.25) is 17.7 Å². The molecule has 2 amide bonds. The molecule has 4 rings (SSSR count). The maximum Gasteiger partial charge on any atom is 0.225 e. The molecule has 6 heteroatoms. The fraction of sp³-hybridized carbons (Fsp3) is 0.571. The summed E-state index contributed by atoms with van der Waals surface area (Å²) in [6.07, 6.45) is 3.22. The van der Waals surface area contributed by atoms with Crippen molar-refractivity contribution >= 4 is 22.9 Å². The van der Waals surface area contributed by atoms with Gasteiger partial charge in [0.15, 0.2) is 5.58 Å². The van der Waals surface area contributed by atoms with E-state index in [4.69, 9.17) is 4.42 Å². The molecule has 0 bridgehead atoms. The minimum absolute atomic E-state index is 0.0224. The number of aromatic nitrogens is 1. The molecule has 1 aromatic heterocycles. The number of piperidine rings is 1. The number of nitrogens with one attached hydrogen (secondary N) is 1. The zero-order valence-corrected chi connectivity index (χ0v) is 16.2. The summed E-state index contributed by atoms with van der Waals surface area (Å²) in [6, 6.07) is 6.41. The summed E-state index contributed by atoms with van der Waals surface area (Å²) < 4.78 is 5.77. The van der Waals surface area contributed by atoms with Crippen molar-refractivity contribution in [1.82, 2.24) is 15.2 Å². The first-order valence-corrected chi connectivity index (χ1v) is 9.78. The van der Waals surface area contributed by atoms with Gasteiger partial charge in [-0.05, 0) is 42.4 Å². The lowest BCUT2D eigenvalue weighted by Crippen LogP contribution is -2.46. The SMILES string of the molecule is CC(C)(C)c1ccc2oc(CNC(=O)[C@@H]3CCC(=O)N(C4CC4)C3)nc2c1. The number of carbonyl (C=O) groups is 2. The molecule has 2 aliphatic rings. The number of likely N-dealkylation sites (tertiary alicyclic amines) is 1. The van der Waals surface area contributed by atoms with Gasteiger partial charge in [-0.25, -0.2) is 4.98 Å². The lowest BCUT2D eigenvalue weighted by molar-refractivity contribution is -0.138. The van der Waals surface area contributed by atoms with Gasteiger partial charge in [0.05, 0.1) is 12.5 Å². The first kappa shape index (κ1) is 18.0. The maximum absolute atomic E-state index is 12.5. The van der Waals surface area contributed by atoms with Gasteiger partial charge in [-0.2, -0.15) is 0 Å². The van der Waals surface area contributed by atoms with Crippen LogP contribution in [0.3, 0.4) is 0 Å². The van der Waals surface area contributed by atoms with Crippen LogP contribution in [-0.4, -0.2) is 34.3 Å². The van der Waals surface area contributed by atoms with E-state index in [1.807, 2.05) is 17.0 Å². The van der Waals surface area contributed by atoms with E-state index in [2.05, 4.69) is 37.1 Å². The zero-order chi connectivity index (χ0) is 19.2. The molecule has 2 aromatic rings. The van der Waals surface area contributed by atoms with Gasteiger partial charge >= 0.3 is 0 Å². The van der Waals surface area contributed by atoms with E-state index in [0.29, 0.717) is 31.3 Å². The Bertz CT molecular complexity index is 876. The first-order valence-electron chi connectivity index (χ1n) is 9.78. The molecule has 1 aliphatic carbocycles. The molecule has 0 radical (unpaired) electrons. The normalized spacial score (nSPS) is 20.9. The van der Waals surface area contributed by atoms with Crippen LogP contribution in [-0.2, 0) is 21.5 Å². The van der Waals surface area contributed by atoms with Crippen LogP contribution in [0.15, 0.2) is 22.6 Å². The summed E-state index contributed by atoms with van der Waals surface area (Å²) in [7, 11) is 0. The fourth-order valence-corrected chi connectivity index (χ4v) is 3.65. The smallest absolute Gasteiger partial charge is 0.225 e.